The Balaban J connectivity index is 1.45. The number of nitrogens with zero attached hydrogens (tertiary/aromatic N) is 3. The summed E-state index contributed by atoms with van der Waals surface area (Å²) in [6.45, 7) is 8.29. The van der Waals surface area contributed by atoms with Crippen molar-refractivity contribution in [3.63, 3.8) is 0 Å². The number of nitrogens with one attached hydrogen (secondary N) is 1. The maximum atomic E-state index is 13.4. The number of ether oxygens (including phenoxy) is 1. The largest absolute Gasteiger partial charge is 0.438 e. The van der Waals surface area contributed by atoms with E-state index in [9.17, 15) is 13.2 Å². The molecule has 3 heterocycles. The molecule has 0 aliphatic carbocycles. The highest BCUT2D eigenvalue weighted by atomic mass is 32.2. The average molecular weight is 584 g/mol. The third-order valence-electron chi connectivity index (χ3n) is 7.03. The summed E-state index contributed by atoms with van der Waals surface area (Å²) in [6.07, 6.45) is 2.90. The van der Waals surface area contributed by atoms with Crippen molar-refractivity contribution in [3.05, 3.63) is 112 Å². The summed E-state index contributed by atoms with van der Waals surface area (Å²) in [5.41, 5.74) is 11.4. The molecule has 216 valence electrons. The van der Waals surface area contributed by atoms with E-state index in [1.165, 1.54) is 23.8 Å². The summed E-state index contributed by atoms with van der Waals surface area (Å²) in [4.78, 5) is 24.3. The van der Waals surface area contributed by atoms with Gasteiger partial charge in [0.1, 0.15) is 17.1 Å². The molecule has 1 aliphatic heterocycles. The number of aromatic nitrogens is 2. The lowest BCUT2D eigenvalue weighted by Gasteiger charge is -2.26. The second-order valence-corrected chi connectivity index (χ2v) is 12.0. The van der Waals surface area contributed by atoms with E-state index < -0.39 is 15.9 Å². The molecule has 1 amide bonds. The maximum Gasteiger partial charge on any atom is 0.281 e. The monoisotopic (exact) mass is 583 g/mol. The van der Waals surface area contributed by atoms with Crippen molar-refractivity contribution in [2.45, 2.75) is 38.8 Å². The van der Waals surface area contributed by atoms with Gasteiger partial charge in [-0.25, -0.2) is 14.7 Å². The number of anilines is 1. The molecule has 2 aromatic heterocycles. The standard InChI is InChI=1S/C32H33N5O4S/c1-21-18-22(2)30(23(3)19-21)41-32-26(31(38)36-42(39,40)29-11-7-10-28(33)35-29)12-13-27(34-32)25-14-16-37(17-15-25)20-24-8-5-4-6-9-24/h4-14,18-19H,15-17,20H2,1-3H3,(H2,33,35)(H,36,38). The maximum absolute atomic E-state index is 13.4. The Bertz CT molecular complexity index is 1750. The first-order valence-electron chi connectivity index (χ1n) is 13.6. The van der Waals surface area contributed by atoms with Gasteiger partial charge in [-0.2, -0.15) is 8.42 Å². The van der Waals surface area contributed by atoms with Crippen molar-refractivity contribution in [3.8, 4) is 11.6 Å². The van der Waals surface area contributed by atoms with E-state index in [1.807, 2.05) is 51.1 Å². The van der Waals surface area contributed by atoms with Crippen LogP contribution in [0.3, 0.4) is 0 Å². The fourth-order valence-electron chi connectivity index (χ4n) is 5.03. The lowest BCUT2D eigenvalue weighted by atomic mass is 10.0. The van der Waals surface area contributed by atoms with Gasteiger partial charge in [-0.05, 0) is 73.7 Å². The molecule has 4 aromatic rings. The summed E-state index contributed by atoms with van der Waals surface area (Å²) >= 11 is 0. The topological polar surface area (TPSA) is 128 Å². The van der Waals surface area contributed by atoms with Crippen LogP contribution < -0.4 is 15.2 Å². The number of sulfonamides is 1. The van der Waals surface area contributed by atoms with E-state index >= 15 is 0 Å². The molecule has 10 heteroatoms. The molecule has 0 spiro atoms. The van der Waals surface area contributed by atoms with Gasteiger partial charge in [0, 0.05) is 19.6 Å². The SMILES string of the molecule is Cc1cc(C)c(Oc2nc(C3=CCN(Cc4ccccc4)CC3)ccc2C(=O)NS(=O)(=O)c2cccc(N)n2)c(C)c1. The Morgan fingerprint density at radius 1 is 0.976 bits per heavy atom. The van der Waals surface area contributed by atoms with Crippen LogP contribution in [0.4, 0.5) is 5.82 Å². The van der Waals surface area contributed by atoms with Crippen molar-refractivity contribution < 1.29 is 17.9 Å². The van der Waals surface area contributed by atoms with E-state index in [1.54, 1.807) is 12.1 Å². The zero-order valence-electron chi connectivity index (χ0n) is 23.8. The van der Waals surface area contributed by atoms with E-state index in [-0.39, 0.29) is 22.3 Å². The Hall–Kier alpha value is -4.54. The zero-order valence-corrected chi connectivity index (χ0v) is 24.6. The summed E-state index contributed by atoms with van der Waals surface area (Å²) < 4.78 is 34.2. The molecule has 0 bridgehead atoms. The van der Waals surface area contributed by atoms with Crippen molar-refractivity contribution in [1.29, 1.82) is 0 Å². The van der Waals surface area contributed by atoms with Gasteiger partial charge in [0.25, 0.3) is 15.9 Å². The first-order chi connectivity index (χ1) is 20.1. The first kappa shape index (κ1) is 29.0. The minimum absolute atomic E-state index is 0.0170. The molecule has 0 atom stereocenters. The van der Waals surface area contributed by atoms with Crippen LogP contribution in [0.2, 0.25) is 0 Å². The van der Waals surface area contributed by atoms with Crippen LogP contribution in [-0.2, 0) is 16.6 Å². The second kappa shape index (κ2) is 12.1. The van der Waals surface area contributed by atoms with Crippen LogP contribution in [0.15, 0.2) is 83.9 Å². The summed E-state index contributed by atoms with van der Waals surface area (Å²) in [6, 6.07) is 21.7. The average Bonchev–Trinajstić information content (AvgIpc) is 2.95. The molecule has 0 saturated carbocycles. The van der Waals surface area contributed by atoms with Crippen LogP contribution in [0.5, 0.6) is 11.6 Å². The zero-order chi connectivity index (χ0) is 29.9. The number of pyridine rings is 2. The molecule has 3 N–H and O–H groups in total. The number of hydrogen-bond acceptors (Lipinski definition) is 8. The van der Waals surface area contributed by atoms with E-state index in [2.05, 4.69) is 32.8 Å². The lowest BCUT2D eigenvalue weighted by Crippen LogP contribution is -2.31. The first-order valence-corrected chi connectivity index (χ1v) is 15.1. The summed E-state index contributed by atoms with van der Waals surface area (Å²) in [7, 11) is -4.30. The van der Waals surface area contributed by atoms with Crippen LogP contribution in [0, 0.1) is 20.8 Å². The number of carbonyl (C=O) groups excluding carboxylic acids is 1. The van der Waals surface area contributed by atoms with Crippen molar-refractivity contribution in [2.75, 3.05) is 18.8 Å². The molecule has 0 saturated heterocycles. The van der Waals surface area contributed by atoms with Gasteiger partial charge < -0.3 is 10.5 Å². The van der Waals surface area contributed by atoms with E-state index in [0.717, 1.165) is 48.3 Å². The van der Waals surface area contributed by atoms with Crippen LogP contribution in [0.25, 0.3) is 5.57 Å². The molecule has 2 aromatic carbocycles. The Kier molecular flexibility index (Phi) is 8.37. The minimum atomic E-state index is -4.30. The normalized spacial score (nSPS) is 13.8. The molecule has 0 unspecified atom stereocenters. The third kappa shape index (κ3) is 6.67. The third-order valence-corrected chi connectivity index (χ3v) is 8.26. The number of rotatable bonds is 8. The molecule has 0 fully saturated rings. The molecular weight excluding hydrogens is 550 g/mol. The smallest absolute Gasteiger partial charge is 0.281 e. The number of nitrogens with two attached hydrogens (primary N) is 1. The molecule has 5 rings (SSSR count). The highest BCUT2D eigenvalue weighted by Crippen LogP contribution is 2.33. The Labute approximate surface area is 246 Å². The van der Waals surface area contributed by atoms with Gasteiger partial charge in [0.15, 0.2) is 5.03 Å². The molecule has 9 nitrogen and oxygen atoms in total. The predicted molar refractivity (Wildman–Crippen MR) is 163 cm³/mol. The fourth-order valence-corrected chi connectivity index (χ4v) is 5.98. The summed E-state index contributed by atoms with van der Waals surface area (Å²) in [5.74, 6) is -0.286. The predicted octanol–water partition coefficient (Wildman–Crippen LogP) is 5.18. The molecule has 0 radical (unpaired) electrons. The number of aryl methyl sites for hydroxylation is 3. The van der Waals surface area contributed by atoms with E-state index in [0.29, 0.717) is 11.4 Å². The van der Waals surface area contributed by atoms with Crippen LogP contribution >= 0.6 is 0 Å². The molecule has 42 heavy (non-hydrogen) atoms. The number of amides is 1. The van der Waals surface area contributed by atoms with Gasteiger partial charge in [0.05, 0.1) is 5.69 Å². The number of hydrogen-bond donors (Lipinski definition) is 2. The highest BCUT2D eigenvalue weighted by Gasteiger charge is 2.25. The molecule has 1 aliphatic rings. The van der Waals surface area contributed by atoms with E-state index in [4.69, 9.17) is 15.5 Å². The van der Waals surface area contributed by atoms with Gasteiger partial charge in [-0.15, -0.1) is 0 Å². The van der Waals surface area contributed by atoms with Gasteiger partial charge in [-0.1, -0.05) is 60.2 Å². The number of benzene rings is 2. The summed E-state index contributed by atoms with van der Waals surface area (Å²) in [5, 5.41) is -0.361. The van der Waals surface area contributed by atoms with Gasteiger partial charge in [0.2, 0.25) is 5.88 Å². The van der Waals surface area contributed by atoms with Crippen LogP contribution in [0.1, 0.15) is 44.7 Å². The fraction of sp³-hybridized carbons (Fsp3) is 0.219. The minimum Gasteiger partial charge on any atom is -0.438 e. The second-order valence-electron chi connectivity index (χ2n) is 10.4. The quantitative estimate of drug-likeness (QED) is 0.290. The number of carbonyl (C=O) groups is 1. The number of nitrogen functional groups attached to an aromatic ring is 1. The van der Waals surface area contributed by atoms with Gasteiger partial charge in [-0.3, -0.25) is 9.69 Å². The molecular formula is C32H33N5O4S. The van der Waals surface area contributed by atoms with Crippen LogP contribution in [-0.4, -0.2) is 42.3 Å². The van der Waals surface area contributed by atoms with Crippen molar-refractivity contribution >= 4 is 27.3 Å². The highest BCUT2D eigenvalue weighted by molar-refractivity contribution is 7.90. The Morgan fingerprint density at radius 3 is 2.38 bits per heavy atom. The van der Waals surface area contributed by atoms with Crippen molar-refractivity contribution in [2.24, 2.45) is 0 Å². The van der Waals surface area contributed by atoms with Crippen molar-refractivity contribution in [1.82, 2.24) is 19.6 Å². The Morgan fingerprint density at radius 2 is 1.71 bits per heavy atom. The lowest BCUT2D eigenvalue weighted by molar-refractivity contribution is 0.0978. The van der Waals surface area contributed by atoms with Gasteiger partial charge >= 0.3 is 0 Å².